The number of H-pyrrole nitrogens is 1. The fourth-order valence-corrected chi connectivity index (χ4v) is 0.961. The number of nitrogens with zero attached hydrogens (tertiary/aromatic N) is 1. The SMILES string of the molecule is CCSc1n[c]c[nH]1. The summed E-state index contributed by atoms with van der Waals surface area (Å²) in [5.41, 5.74) is 0. The predicted octanol–water partition coefficient (Wildman–Crippen LogP) is 1.32. The summed E-state index contributed by atoms with van der Waals surface area (Å²) < 4.78 is 0. The van der Waals surface area contributed by atoms with E-state index in [9.17, 15) is 0 Å². The summed E-state index contributed by atoms with van der Waals surface area (Å²) in [6.07, 6.45) is 4.39. The molecule has 0 atom stereocenters. The van der Waals surface area contributed by atoms with Gasteiger partial charge in [0.2, 0.25) is 0 Å². The van der Waals surface area contributed by atoms with Crippen LogP contribution in [0.4, 0.5) is 0 Å². The van der Waals surface area contributed by atoms with Crippen molar-refractivity contribution in [2.24, 2.45) is 0 Å². The third-order valence-electron chi connectivity index (χ3n) is 0.707. The molecule has 1 aromatic rings. The molecule has 1 heterocycles. The molecule has 1 radical (unpaired) electrons. The maximum Gasteiger partial charge on any atom is 0.165 e. The maximum absolute atomic E-state index is 3.89. The summed E-state index contributed by atoms with van der Waals surface area (Å²) in [6.45, 7) is 2.09. The fourth-order valence-electron chi connectivity index (χ4n) is 0.428. The Morgan fingerprint density at radius 2 is 2.88 bits per heavy atom. The van der Waals surface area contributed by atoms with Gasteiger partial charge in [0.05, 0.1) is 0 Å². The third kappa shape index (κ3) is 1.26. The monoisotopic (exact) mass is 127 g/mol. The molecule has 0 unspecified atom stereocenters. The second-order valence-electron chi connectivity index (χ2n) is 1.27. The third-order valence-corrected chi connectivity index (χ3v) is 1.48. The van der Waals surface area contributed by atoms with Crippen LogP contribution in [0.15, 0.2) is 11.4 Å². The number of aromatic amines is 1. The highest BCUT2D eigenvalue weighted by Gasteiger charge is 1.88. The first-order chi connectivity index (χ1) is 3.93. The zero-order valence-electron chi connectivity index (χ0n) is 4.64. The summed E-state index contributed by atoms with van der Waals surface area (Å²) in [7, 11) is 0. The number of hydrogen-bond acceptors (Lipinski definition) is 2. The first kappa shape index (κ1) is 5.69. The Balaban J connectivity index is 2.50. The number of nitrogens with one attached hydrogen (secondary N) is 1. The standard InChI is InChI=1S/C5H7N2S/c1-2-8-5-6-3-4-7-5/h3H,2H2,1H3,(H,6,7). The second kappa shape index (κ2) is 2.77. The van der Waals surface area contributed by atoms with Crippen molar-refractivity contribution in [3.8, 4) is 0 Å². The number of rotatable bonds is 2. The Bertz CT molecular complexity index is 136. The van der Waals surface area contributed by atoms with E-state index >= 15 is 0 Å². The van der Waals surface area contributed by atoms with Crippen molar-refractivity contribution in [3.63, 3.8) is 0 Å². The minimum Gasteiger partial charge on any atom is -0.339 e. The molecular weight excluding hydrogens is 120 g/mol. The topological polar surface area (TPSA) is 28.7 Å². The van der Waals surface area contributed by atoms with Gasteiger partial charge in [-0.25, -0.2) is 4.98 Å². The van der Waals surface area contributed by atoms with Crippen LogP contribution in [0, 0.1) is 6.20 Å². The van der Waals surface area contributed by atoms with Gasteiger partial charge in [-0.15, -0.1) is 0 Å². The van der Waals surface area contributed by atoms with E-state index in [2.05, 4.69) is 23.1 Å². The first-order valence-electron chi connectivity index (χ1n) is 2.47. The predicted molar refractivity (Wildman–Crippen MR) is 33.8 cm³/mol. The lowest BCUT2D eigenvalue weighted by Crippen LogP contribution is -1.72. The van der Waals surface area contributed by atoms with Gasteiger partial charge in [0, 0.05) is 6.20 Å². The van der Waals surface area contributed by atoms with Crippen molar-refractivity contribution >= 4 is 11.8 Å². The van der Waals surface area contributed by atoms with Crippen LogP contribution in [-0.2, 0) is 0 Å². The van der Waals surface area contributed by atoms with Crippen LogP contribution in [0.5, 0.6) is 0 Å². The van der Waals surface area contributed by atoms with Crippen molar-refractivity contribution in [1.82, 2.24) is 9.97 Å². The van der Waals surface area contributed by atoms with Gasteiger partial charge in [0.15, 0.2) is 5.16 Å². The van der Waals surface area contributed by atoms with E-state index in [1.54, 1.807) is 18.0 Å². The van der Waals surface area contributed by atoms with Crippen molar-refractivity contribution in [1.29, 1.82) is 0 Å². The van der Waals surface area contributed by atoms with E-state index in [1.165, 1.54) is 0 Å². The number of imidazole rings is 1. The maximum atomic E-state index is 3.89. The average Bonchev–Trinajstić information content (AvgIpc) is 2.19. The van der Waals surface area contributed by atoms with Crippen LogP contribution in [0.1, 0.15) is 6.92 Å². The van der Waals surface area contributed by atoms with E-state index in [-0.39, 0.29) is 0 Å². The summed E-state index contributed by atoms with van der Waals surface area (Å²) in [5.74, 6) is 1.06. The Labute approximate surface area is 52.7 Å². The van der Waals surface area contributed by atoms with E-state index in [0.29, 0.717) is 0 Å². The molecule has 0 aliphatic heterocycles. The van der Waals surface area contributed by atoms with Crippen LogP contribution in [-0.4, -0.2) is 15.7 Å². The van der Waals surface area contributed by atoms with Crippen molar-refractivity contribution in [2.75, 3.05) is 5.75 Å². The largest absolute Gasteiger partial charge is 0.339 e. The molecule has 0 fully saturated rings. The Hall–Kier alpha value is -0.440. The van der Waals surface area contributed by atoms with Crippen LogP contribution >= 0.6 is 11.8 Å². The highest BCUT2D eigenvalue weighted by molar-refractivity contribution is 7.99. The van der Waals surface area contributed by atoms with Gasteiger partial charge in [-0.2, -0.15) is 0 Å². The zero-order valence-corrected chi connectivity index (χ0v) is 5.46. The van der Waals surface area contributed by atoms with Crippen LogP contribution in [0.2, 0.25) is 0 Å². The molecule has 0 saturated heterocycles. The molecule has 0 aliphatic rings. The van der Waals surface area contributed by atoms with E-state index in [0.717, 1.165) is 10.9 Å². The van der Waals surface area contributed by atoms with Gasteiger partial charge in [-0.3, -0.25) is 0 Å². The molecule has 1 aromatic heterocycles. The number of aromatic nitrogens is 2. The van der Waals surface area contributed by atoms with Gasteiger partial charge in [0.1, 0.15) is 6.20 Å². The van der Waals surface area contributed by atoms with Crippen molar-refractivity contribution in [2.45, 2.75) is 12.1 Å². The number of thioether (sulfide) groups is 1. The molecule has 8 heavy (non-hydrogen) atoms. The lowest BCUT2D eigenvalue weighted by atomic mass is 11.0. The summed E-state index contributed by atoms with van der Waals surface area (Å²) in [4.78, 5) is 6.82. The first-order valence-corrected chi connectivity index (χ1v) is 3.46. The Morgan fingerprint density at radius 3 is 3.38 bits per heavy atom. The van der Waals surface area contributed by atoms with Crippen LogP contribution < -0.4 is 0 Å². The summed E-state index contributed by atoms with van der Waals surface area (Å²) in [5, 5.41) is 0.951. The molecule has 3 heteroatoms. The minimum atomic E-state index is 0.951. The molecule has 2 nitrogen and oxygen atoms in total. The second-order valence-corrected chi connectivity index (χ2v) is 2.52. The average molecular weight is 127 g/mol. The van der Waals surface area contributed by atoms with Crippen molar-refractivity contribution < 1.29 is 0 Å². The fraction of sp³-hybridized carbons (Fsp3) is 0.400. The lowest BCUT2D eigenvalue weighted by molar-refractivity contribution is 1.06. The summed E-state index contributed by atoms with van der Waals surface area (Å²) >= 11 is 1.68. The van der Waals surface area contributed by atoms with Gasteiger partial charge in [-0.1, -0.05) is 18.7 Å². The summed E-state index contributed by atoms with van der Waals surface area (Å²) in [6, 6.07) is 0. The lowest BCUT2D eigenvalue weighted by Gasteiger charge is -1.85. The highest BCUT2D eigenvalue weighted by atomic mass is 32.2. The normalized spacial score (nSPS) is 9.62. The quantitative estimate of drug-likeness (QED) is 0.607. The zero-order chi connectivity index (χ0) is 5.82. The Kier molecular flexibility index (Phi) is 1.97. The van der Waals surface area contributed by atoms with Crippen LogP contribution in [0.25, 0.3) is 0 Å². The molecular formula is C5H7N2S. The molecule has 43 valence electrons. The van der Waals surface area contributed by atoms with Crippen molar-refractivity contribution in [3.05, 3.63) is 12.4 Å². The molecule has 0 spiro atoms. The molecule has 0 aliphatic carbocycles. The van der Waals surface area contributed by atoms with Gasteiger partial charge in [-0.05, 0) is 5.75 Å². The number of hydrogen-bond donors (Lipinski definition) is 1. The molecule has 0 aromatic carbocycles. The molecule has 0 saturated carbocycles. The van der Waals surface area contributed by atoms with Gasteiger partial charge in [0.25, 0.3) is 0 Å². The van der Waals surface area contributed by atoms with Crippen LogP contribution in [0.3, 0.4) is 0 Å². The molecule has 0 amide bonds. The van der Waals surface area contributed by atoms with Gasteiger partial charge < -0.3 is 4.98 Å². The van der Waals surface area contributed by atoms with E-state index in [1.807, 2.05) is 0 Å². The minimum absolute atomic E-state index is 0.951. The van der Waals surface area contributed by atoms with Gasteiger partial charge >= 0.3 is 0 Å². The van der Waals surface area contributed by atoms with E-state index in [4.69, 9.17) is 0 Å². The molecule has 1 N–H and O–H groups in total. The van der Waals surface area contributed by atoms with E-state index < -0.39 is 0 Å². The Morgan fingerprint density at radius 1 is 2.00 bits per heavy atom. The molecule has 1 rings (SSSR count). The highest BCUT2D eigenvalue weighted by Crippen LogP contribution is 2.08. The smallest absolute Gasteiger partial charge is 0.165 e. The molecule has 0 bridgehead atoms.